The van der Waals surface area contributed by atoms with Crippen LogP contribution >= 0.6 is 11.6 Å². The van der Waals surface area contributed by atoms with E-state index in [4.69, 9.17) is 17.3 Å². The van der Waals surface area contributed by atoms with E-state index in [1.54, 1.807) is 18.2 Å². The van der Waals surface area contributed by atoms with Gasteiger partial charge in [-0.3, -0.25) is 0 Å². The van der Waals surface area contributed by atoms with Crippen LogP contribution in [0.5, 0.6) is 5.75 Å². The fourth-order valence-electron chi connectivity index (χ4n) is 1.33. The molecular formula is C10H9ClN2O. The highest BCUT2D eigenvalue weighted by molar-refractivity contribution is 6.30. The summed E-state index contributed by atoms with van der Waals surface area (Å²) in [7, 11) is 0. The van der Waals surface area contributed by atoms with E-state index in [-0.39, 0.29) is 5.75 Å². The summed E-state index contributed by atoms with van der Waals surface area (Å²) in [6, 6.07) is 6.77. The molecule has 0 radical (unpaired) electrons. The number of nitrogens with two attached hydrogens (primary N) is 1. The Hall–Kier alpha value is -1.32. The van der Waals surface area contributed by atoms with Crippen LogP contribution in [0.2, 0.25) is 5.15 Å². The van der Waals surface area contributed by atoms with E-state index >= 15 is 0 Å². The Morgan fingerprint density at radius 3 is 2.86 bits per heavy atom. The molecular weight excluding hydrogens is 200 g/mol. The molecule has 1 heterocycles. The zero-order chi connectivity index (χ0) is 10.1. The first-order valence-corrected chi connectivity index (χ1v) is 4.56. The largest absolute Gasteiger partial charge is 0.508 e. The Labute approximate surface area is 86.1 Å². The van der Waals surface area contributed by atoms with E-state index in [0.29, 0.717) is 11.7 Å². The van der Waals surface area contributed by atoms with Crippen LogP contribution in [-0.4, -0.2) is 10.1 Å². The van der Waals surface area contributed by atoms with Gasteiger partial charge in [0.2, 0.25) is 0 Å². The number of halogens is 1. The number of hydrogen-bond acceptors (Lipinski definition) is 3. The van der Waals surface area contributed by atoms with E-state index in [9.17, 15) is 5.11 Å². The summed E-state index contributed by atoms with van der Waals surface area (Å²) >= 11 is 5.89. The van der Waals surface area contributed by atoms with Gasteiger partial charge in [-0.05, 0) is 24.3 Å². The fourth-order valence-corrected chi connectivity index (χ4v) is 1.55. The number of phenols is 1. The van der Waals surface area contributed by atoms with Crippen molar-refractivity contribution in [2.24, 2.45) is 5.73 Å². The molecule has 4 heteroatoms. The van der Waals surface area contributed by atoms with Gasteiger partial charge in [-0.2, -0.15) is 0 Å². The van der Waals surface area contributed by atoms with Crippen molar-refractivity contribution in [3.8, 4) is 5.75 Å². The lowest BCUT2D eigenvalue weighted by molar-refractivity contribution is 0.476. The van der Waals surface area contributed by atoms with Crippen molar-refractivity contribution >= 4 is 22.5 Å². The Bertz CT molecular complexity index is 485. The summed E-state index contributed by atoms with van der Waals surface area (Å²) in [5, 5.41) is 10.5. The van der Waals surface area contributed by atoms with E-state index in [0.717, 1.165) is 16.5 Å². The number of fused-ring (bicyclic) bond motifs is 1. The second-order valence-corrected chi connectivity index (χ2v) is 3.38. The monoisotopic (exact) mass is 208 g/mol. The highest BCUT2D eigenvalue weighted by Crippen LogP contribution is 2.23. The molecule has 0 spiro atoms. The number of aromatic nitrogens is 1. The molecule has 14 heavy (non-hydrogen) atoms. The molecule has 0 unspecified atom stereocenters. The normalized spacial score (nSPS) is 10.7. The molecule has 0 saturated heterocycles. The lowest BCUT2D eigenvalue weighted by atomic mass is 10.1. The van der Waals surface area contributed by atoms with Crippen molar-refractivity contribution in [1.82, 2.24) is 4.98 Å². The maximum absolute atomic E-state index is 9.27. The molecule has 2 aromatic rings. The maximum Gasteiger partial charge on any atom is 0.134 e. The quantitative estimate of drug-likeness (QED) is 0.706. The van der Waals surface area contributed by atoms with Crippen molar-refractivity contribution in [1.29, 1.82) is 0 Å². The number of benzene rings is 1. The Balaban J connectivity index is 2.73. The number of aromatic hydroxyl groups is 1. The predicted octanol–water partition coefficient (Wildman–Crippen LogP) is 2.05. The number of hydrogen-bond donors (Lipinski definition) is 2. The van der Waals surface area contributed by atoms with Crippen LogP contribution in [-0.2, 0) is 6.54 Å². The zero-order valence-corrected chi connectivity index (χ0v) is 8.12. The lowest BCUT2D eigenvalue weighted by Gasteiger charge is -2.03. The van der Waals surface area contributed by atoms with Crippen molar-refractivity contribution in [3.63, 3.8) is 0 Å². The first-order valence-electron chi connectivity index (χ1n) is 4.19. The topological polar surface area (TPSA) is 59.1 Å². The molecule has 3 N–H and O–H groups in total. The minimum absolute atomic E-state index is 0.213. The molecule has 0 atom stereocenters. The van der Waals surface area contributed by atoms with Crippen LogP contribution in [0.15, 0.2) is 24.3 Å². The van der Waals surface area contributed by atoms with Crippen molar-refractivity contribution in [3.05, 3.63) is 35.0 Å². The third-order valence-corrected chi connectivity index (χ3v) is 2.37. The second kappa shape index (κ2) is 3.44. The third-order valence-electron chi connectivity index (χ3n) is 2.04. The van der Waals surface area contributed by atoms with Gasteiger partial charge in [0.25, 0.3) is 0 Å². The molecule has 0 bridgehead atoms. The standard InChI is InChI=1S/C10H9ClN2O/c11-10-7(5-12)3-6-4-8(14)1-2-9(6)13-10/h1-4,14H,5,12H2. The van der Waals surface area contributed by atoms with Gasteiger partial charge in [-0.1, -0.05) is 11.6 Å². The van der Waals surface area contributed by atoms with Gasteiger partial charge in [0.1, 0.15) is 10.9 Å². The fraction of sp³-hybridized carbons (Fsp3) is 0.100. The summed E-state index contributed by atoms with van der Waals surface area (Å²) in [4.78, 5) is 4.16. The molecule has 0 fully saturated rings. The average Bonchev–Trinajstić information content (AvgIpc) is 2.17. The number of nitrogens with zero attached hydrogens (tertiary/aromatic N) is 1. The van der Waals surface area contributed by atoms with E-state index in [1.165, 1.54) is 0 Å². The molecule has 0 saturated carbocycles. The molecule has 0 aliphatic carbocycles. The second-order valence-electron chi connectivity index (χ2n) is 3.02. The van der Waals surface area contributed by atoms with E-state index in [2.05, 4.69) is 4.98 Å². The predicted molar refractivity (Wildman–Crippen MR) is 56.3 cm³/mol. The number of pyridine rings is 1. The minimum atomic E-state index is 0.213. The van der Waals surface area contributed by atoms with Crippen LogP contribution < -0.4 is 5.73 Å². The van der Waals surface area contributed by atoms with Gasteiger partial charge >= 0.3 is 0 Å². The van der Waals surface area contributed by atoms with E-state index < -0.39 is 0 Å². The molecule has 0 amide bonds. The van der Waals surface area contributed by atoms with Crippen LogP contribution in [0.25, 0.3) is 10.9 Å². The first kappa shape index (κ1) is 9.24. The summed E-state index contributed by atoms with van der Waals surface area (Å²) in [6.07, 6.45) is 0. The summed E-state index contributed by atoms with van der Waals surface area (Å²) in [5.41, 5.74) is 7.03. The summed E-state index contributed by atoms with van der Waals surface area (Å²) in [5.74, 6) is 0.213. The van der Waals surface area contributed by atoms with Gasteiger partial charge in [-0.25, -0.2) is 4.98 Å². The Morgan fingerprint density at radius 1 is 1.36 bits per heavy atom. The van der Waals surface area contributed by atoms with Crippen LogP contribution in [0.4, 0.5) is 0 Å². The SMILES string of the molecule is NCc1cc2cc(O)ccc2nc1Cl. The van der Waals surface area contributed by atoms with Gasteiger partial charge in [0.15, 0.2) is 0 Å². The molecule has 3 nitrogen and oxygen atoms in total. The molecule has 72 valence electrons. The van der Waals surface area contributed by atoms with Crippen LogP contribution in [0, 0.1) is 0 Å². The molecule has 2 rings (SSSR count). The van der Waals surface area contributed by atoms with E-state index in [1.807, 2.05) is 6.07 Å². The van der Waals surface area contributed by atoms with Gasteiger partial charge in [0, 0.05) is 17.5 Å². The number of phenolic OH excluding ortho intramolecular Hbond substituents is 1. The first-order chi connectivity index (χ1) is 6.70. The summed E-state index contributed by atoms with van der Waals surface area (Å²) < 4.78 is 0. The molecule has 1 aromatic carbocycles. The highest BCUT2D eigenvalue weighted by Gasteiger charge is 2.03. The van der Waals surface area contributed by atoms with Gasteiger partial charge in [-0.15, -0.1) is 0 Å². The lowest BCUT2D eigenvalue weighted by Crippen LogP contribution is -1.98. The van der Waals surface area contributed by atoms with Gasteiger partial charge < -0.3 is 10.8 Å². The number of rotatable bonds is 1. The maximum atomic E-state index is 9.27. The van der Waals surface area contributed by atoms with Crippen molar-refractivity contribution in [2.75, 3.05) is 0 Å². The molecule has 0 aliphatic heterocycles. The van der Waals surface area contributed by atoms with Crippen molar-refractivity contribution in [2.45, 2.75) is 6.54 Å². The van der Waals surface area contributed by atoms with Crippen LogP contribution in [0.1, 0.15) is 5.56 Å². The Morgan fingerprint density at radius 2 is 2.14 bits per heavy atom. The zero-order valence-electron chi connectivity index (χ0n) is 7.37. The average molecular weight is 209 g/mol. The summed E-state index contributed by atoms with van der Waals surface area (Å²) in [6.45, 7) is 0.345. The highest BCUT2D eigenvalue weighted by atomic mass is 35.5. The third kappa shape index (κ3) is 1.52. The minimum Gasteiger partial charge on any atom is -0.508 e. The van der Waals surface area contributed by atoms with Gasteiger partial charge in [0.05, 0.1) is 5.52 Å². The smallest absolute Gasteiger partial charge is 0.134 e. The Kier molecular flexibility index (Phi) is 2.27. The molecule has 0 aliphatic rings. The van der Waals surface area contributed by atoms with Crippen molar-refractivity contribution < 1.29 is 5.11 Å². The van der Waals surface area contributed by atoms with Crippen LogP contribution in [0.3, 0.4) is 0 Å². The molecule has 1 aromatic heterocycles.